The first-order chi connectivity index (χ1) is 20.7. The van der Waals surface area contributed by atoms with Crippen LogP contribution < -0.4 is 24.8 Å². The van der Waals surface area contributed by atoms with Crippen LogP contribution in [0.5, 0.6) is 17.2 Å². The van der Waals surface area contributed by atoms with Crippen LogP contribution in [0.3, 0.4) is 0 Å². The van der Waals surface area contributed by atoms with Crippen molar-refractivity contribution in [2.24, 2.45) is 0 Å². The molecule has 1 saturated heterocycles. The van der Waals surface area contributed by atoms with E-state index in [0.29, 0.717) is 34.9 Å². The van der Waals surface area contributed by atoms with Gasteiger partial charge < -0.3 is 5.32 Å². The van der Waals surface area contributed by atoms with Gasteiger partial charge in [-0.05, 0) is 18.6 Å². The van der Waals surface area contributed by atoms with E-state index in [1.807, 2.05) is 25.1 Å². The van der Waals surface area contributed by atoms with E-state index in [0.717, 1.165) is 12.8 Å². The quantitative estimate of drug-likeness (QED) is 0.227. The molecular weight excluding hydrogens is 555 g/mol. The zero-order valence-electron chi connectivity index (χ0n) is 24.1. The van der Waals surface area contributed by atoms with Crippen molar-refractivity contribution in [3.05, 3.63) is 77.4 Å². The Morgan fingerprint density at radius 1 is 0.977 bits per heavy atom. The first-order valence-corrected chi connectivity index (χ1v) is 13.5. The average molecular weight is 588 g/mol. The molecule has 2 atom stereocenters. The predicted octanol–water partition coefficient (Wildman–Crippen LogP) is 4.34. The Bertz CT molecular complexity index is 1500. The zero-order valence-corrected chi connectivity index (χ0v) is 24.1. The van der Waals surface area contributed by atoms with Crippen molar-refractivity contribution in [2.45, 2.75) is 31.9 Å². The zero-order chi connectivity index (χ0) is 30.9. The summed E-state index contributed by atoms with van der Waals surface area (Å²) < 4.78 is 22.1. The Morgan fingerprint density at radius 2 is 1.72 bits per heavy atom. The predicted molar refractivity (Wildman–Crippen MR) is 159 cm³/mol. The second kappa shape index (κ2) is 14.2. The van der Waals surface area contributed by atoms with Crippen LogP contribution in [0.1, 0.15) is 27.9 Å². The monoisotopic (exact) mass is 588 g/mol. The van der Waals surface area contributed by atoms with Crippen molar-refractivity contribution in [3.63, 3.8) is 0 Å². The number of carboxylic acid groups (broad SMARTS) is 1. The first-order valence-electron chi connectivity index (χ1n) is 13.5. The van der Waals surface area contributed by atoms with E-state index in [4.69, 9.17) is 24.2 Å². The van der Waals surface area contributed by atoms with E-state index in [1.54, 1.807) is 29.2 Å². The number of benzene rings is 3. The van der Waals surface area contributed by atoms with Gasteiger partial charge in [0.2, 0.25) is 0 Å². The number of carbonyl (C=O) groups excluding carboxylic acids is 2. The van der Waals surface area contributed by atoms with Crippen LogP contribution in [0, 0.1) is 12.2 Å². The van der Waals surface area contributed by atoms with Gasteiger partial charge in [0, 0.05) is 5.69 Å². The van der Waals surface area contributed by atoms with Gasteiger partial charge in [0.05, 0.1) is 0 Å². The maximum atomic E-state index is 13.5. The summed E-state index contributed by atoms with van der Waals surface area (Å²) in [6, 6.07) is 16.0. The number of nitrogens with zero attached hydrogens (tertiary/aromatic N) is 1. The molecule has 224 valence electrons. The number of ether oxygens (including phenoxy) is 3. The molecule has 0 saturated carbocycles. The van der Waals surface area contributed by atoms with Gasteiger partial charge in [-0.25, -0.2) is 4.79 Å². The van der Waals surface area contributed by atoms with Crippen LogP contribution in [-0.4, -0.2) is 74.7 Å². The van der Waals surface area contributed by atoms with E-state index in [2.05, 4.69) is 10.6 Å². The van der Waals surface area contributed by atoms with Crippen molar-refractivity contribution >= 4 is 36.6 Å². The number of carbonyl (C=O) groups is 3. The van der Waals surface area contributed by atoms with Gasteiger partial charge in [0.25, 0.3) is 0 Å². The van der Waals surface area contributed by atoms with Gasteiger partial charge in [-0.2, -0.15) is 0 Å². The van der Waals surface area contributed by atoms with E-state index < -0.39 is 12.0 Å². The number of urea groups is 1. The van der Waals surface area contributed by atoms with Crippen LogP contribution in [-0.2, 0) is 15.9 Å². The number of carboxylic acids is 1. The number of aromatic carboxylic acids is 1. The average Bonchev–Trinajstić information content (AvgIpc) is 3.40. The summed E-state index contributed by atoms with van der Waals surface area (Å²) in [5.41, 5.74) is 2.79. The normalized spacial score (nSPS) is 15.7. The number of hydrogen-bond donors (Lipinski definition) is 4. The van der Waals surface area contributed by atoms with Gasteiger partial charge in [0.1, 0.15) is 0 Å². The molecule has 0 aliphatic carbocycles. The number of para-hydroxylation sites is 1. The SMILES string of the molecule is COc1cc(CC(=O)N2CC(OB=N)CC2COc2ccc(C(=O)O)cc2OC)ccc1NC(=O)Nc1ccccc1C. The van der Waals surface area contributed by atoms with Gasteiger partial charge in [0.15, 0.2) is 0 Å². The molecule has 0 bridgehead atoms. The van der Waals surface area contributed by atoms with Gasteiger partial charge in [-0.1, -0.05) is 18.2 Å². The summed E-state index contributed by atoms with van der Waals surface area (Å²) in [5, 5.41) is 22.2. The van der Waals surface area contributed by atoms with Crippen molar-refractivity contribution in [2.75, 3.05) is 38.0 Å². The van der Waals surface area contributed by atoms with Crippen LogP contribution in [0.2, 0.25) is 0 Å². The molecule has 1 aliphatic heterocycles. The molecule has 4 rings (SSSR count). The summed E-state index contributed by atoms with van der Waals surface area (Å²) >= 11 is 0. The third-order valence-corrected chi connectivity index (χ3v) is 7.06. The molecule has 1 aliphatic rings. The number of nitrogens with one attached hydrogen (secondary N) is 3. The molecule has 1 heterocycles. The van der Waals surface area contributed by atoms with Crippen molar-refractivity contribution in [1.29, 1.82) is 5.31 Å². The molecular formula is C30H33BN4O8. The molecule has 12 nitrogen and oxygen atoms in total. The molecule has 2 unspecified atom stereocenters. The van der Waals surface area contributed by atoms with E-state index in [1.165, 1.54) is 32.4 Å². The summed E-state index contributed by atoms with van der Waals surface area (Å²) in [7, 11) is 3.75. The Kier molecular flexibility index (Phi) is 10.2. The fourth-order valence-corrected chi connectivity index (χ4v) is 4.85. The summed E-state index contributed by atoms with van der Waals surface area (Å²) in [6.07, 6.45) is 0.120. The third kappa shape index (κ3) is 7.82. The molecule has 3 aromatic rings. The molecule has 3 aromatic carbocycles. The van der Waals surface area contributed by atoms with E-state index in [-0.39, 0.29) is 48.9 Å². The number of amides is 3. The van der Waals surface area contributed by atoms with E-state index >= 15 is 0 Å². The summed E-state index contributed by atoms with van der Waals surface area (Å²) in [4.78, 5) is 39.0. The minimum absolute atomic E-state index is 0.0521. The molecule has 43 heavy (non-hydrogen) atoms. The number of aryl methyl sites for hydroxylation is 1. The van der Waals surface area contributed by atoms with Crippen LogP contribution in [0.15, 0.2) is 60.7 Å². The maximum absolute atomic E-state index is 13.5. The summed E-state index contributed by atoms with van der Waals surface area (Å²) in [6.45, 7) is 2.27. The minimum Gasteiger partial charge on any atom is -0.307 e. The molecule has 0 spiro atoms. The number of methoxy groups -OCH3 is 2. The second-order valence-corrected chi connectivity index (χ2v) is 9.90. The Hall–Kier alpha value is -5.07. The van der Waals surface area contributed by atoms with Crippen LogP contribution in [0.25, 0.3) is 0 Å². The van der Waals surface area contributed by atoms with Gasteiger partial charge in [-0.15, -0.1) is 0 Å². The molecule has 0 aromatic heterocycles. The second-order valence-electron chi connectivity index (χ2n) is 9.90. The van der Waals surface area contributed by atoms with Gasteiger partial charge in [-0.3, -0.25) is 0 Å². The molecule has 1 fully saturated rings. The Balaban J connectivity index is 1.43. The first kappa shape index (κ1) is 30.9. The van der Waals surface area contributed by atoms with Crippen molar-refractivity contribution in [3.8, 4) is 17.2 Å². The molecule has 4 N–H and O–H groups in total. The fourth-order valence-electron chi connectivity index (χ4n) is 4.85. The Labute approximate surface area is 249 Å². The van der Waals surface area contributed by atoms with Gasteiger partial charge >= 0.3 is 197 Å². The Morgan fingerprint density at radius 3 is 2.42 bits per heavy atom. The van der Waals surface area contributed by atoms with E-state index in [9.17, 15) is 19.5 Å². The third-order valence-electron chi connectivity index (χ3n) is 7.06. The number of likely N-dealkylation sites (tertiary alicyclic amines) is 1. The molecule has 0 radical (unpaired) electrons. The fraction of sp³-hybridized carbons (Fsp3) is 0.300. The van der Waals surface area contributed by atoms with Crippen molar-refractivity contribution in [1.82, 2.24) is 4.90 Å². The molecule has 3 amide bonds. The molecule has 13 heteroatoms. The van der Waals surface area contributed by atoms with Crippen LogP contribution >= 0.6 is 0 Å². The minimum atomic E-state index is -1.09. The number of rotatable bonds is 12. The summed E-state index contributed by atoms with van der Waals surface area (Å²) in [5.74, 6) is -0.270. The number of hydrogen-bond acceptors (Lipinski definition) is 8. The topological polar surface area (TPSA) is 160 Å². The smallest absolute Gasteiger partial charge is 0.307 e. The standard InChI is InChI=1S/C30H33BN4O8/c1-18-6-4-5-7-23(18)33-30(39)34-24-10-8-19(12-26(24)40-2)13-28(36)35-16-22(43-31-32)15-21(35)17-42-25-11-9-20(29(37)38)14-27(25)41-3/h4-12,14,21-22,32H,13,15-17H2,1-3H3,(H,37,38)(H2,33,34,39). The van der Waals surface area contributed by atoms with Crippen molar-refractivity contribution < 1.29 is 38.4 Å². The van der Waals surface area contributed by atoms with Crippen LogP contribution in [0.4, 0.5) is 16.2 Å². The number of anilines is 2.